The summed E-state index contributed by atoms with van der Waals surface area (Å²) in [6.07, 6.45) is 1.66. The van der Waals surface area contributed by atoms with Crippen LogP contribution in [0.3, 0.4) is 0 Å². The first-order valence-corrected chi connectivity index (χ1v) is 11.8. The number of hydrogen-bond donors (Lipinski definition) is 0. The fourth-order valence-corrected chi connectivity index (χ4v) is 4.56. The summed E-state index contributed by atoms with van der Waals surface area (Å²) in [4.78, 5) is 27.0. The molecule has 0 N–H and O–H groups in total. The van der Waals surface area contributed by atoms with Crippen molar-refractivity contribution in [1.82, 2.24) is 4.90 Å². The van der Waals surface area contributed by atoms with E-state index in [0.717, 1.165) is 27.4 Å². The maximum Gasteiger partial charge on any atom is 0.293 e. The van der Waals surface area contributed by atoms with Crippen molar-refractivity contribution >= 4 is 56.5 Å². The second-order valence-corrected chi connectivity index (χ2v) is 9.48. The number of thioether (sulfide) groups is 1. The van der Waals surface area contributed by atoms with E-state index in [-0.39, 0.29) is 24.3 Å². The van der Waals surface area contributed by atoms with E-state index < -0.39 is 0 Å². The lowest BCUT2D eigenvalue weighted by Crippen LogP contribution is -2.27. The lowest BCUT2D eigenvalue weighted by Gasteiger charge is -2.13. The fraction of sp³-hybridized carbons (Fsp3) is 0.0800. The molecule has 5 nitrogen and oxygen atoms in total. The van der Waals surface area contributed by atoms with Crippen molar-refractivity contribution in [3.8, 4) is 11.8 Å². The molecule has 0 aromatic heterocycles. The van der Waals surface area contributed by atoms with Crippen LogP contribution < -0.4 is 4.74 Å². The molecule has 0 radical (unpaired) electrons. The predicted octanol–water partition coefficient (Wildman–Crippen LogP) is 6.79. The topological polar surface area (TPSA) is 70.4 Å². The summed E-state index contributed by atoms with van der Waals surface area (Å²) >= 11 is 10.3. The zero-order chi connectivity index (χ0) is 23.4. The number of nitriles is 1. The van der Waals surface area contributed by atoms with Crippen LogP contribution in [0.2, 0.25) is 5.02 Å². The summed E-state index contributed by atoms with van der Waals surface area (Å²) in [7, 11) is 0. The van der Waals surface area contributed by atoms with Crippen molar-refractivity contribution in [1.29, 1.82) is 5.26 Å². The standard InChI is InChI=1S/C25H16BrClN2O3S/c26-20-7-10-22(32-15-18-4-2-1-3-17(18)13-28)19(11-20)12-23-24(30)29(25(31)33-23)14-16-5-8-21(27)9-6-16/h1-12H,14-15H2/b23-12-. The van der Waals surface area contributed by atoms with Crippen LogP contribution in [0.5, 0.6) is 5.75 Å². The fourth-order valence-electron chi connectivity index (χ4n) is 3.22. The van der Waals surface area contributed by atoms with Gasteiger partial charge in [-0.05, 0) is 59.8 Å². The number of carbonyl (C=O) groups is 2. The first-order chi connectivity index (χ1) is 15.9. The third kappa shape index (κ3) is 5.48. The first-order valence-electron chi connectivity index (χ1n) is 9.85. The van der Waals surface area contributed by atoms with E-state index in [9.17, 15) is 14.9 Å². The van der Waals surface area contributed by atoms with Gasteiger partial charge in [-0.1, -0.05) is 57.9 Å². The third-order valence-corrected chi connectivity index (χ3v) is 6.56. The second-order valence-electron chi connectivity index (χ2n) is 7.13. The Morgan fingerprint density at radius 2 is 1.85 bits per heavy atom. The van der Waals surface area contributed by atoms with E-state index in [1.807, 2.05) is 24.3 Å². The highest BCUT2D eigenvalue weighted by molar-refractivity contribution is 9.10. The van der Waals surface area contributed by atoms with Gasteiger partial charge in [0.25, 0.3) is 11.1 Å². The number of halogens is 2. The zero-order valence-electron chi connectivity index (χ0n) is 17.1. The first kappa shape index (κ1) is 23.1. The van der Waals surface area contributed by atoms with Crippen LogP contribution in [0.25, 0.3) is 6.08 Å². The Kier molecular flexibility index (Phi) is 7.19. The molecule has 0 unspecified atom stereocenters. The van der Waals surface area contributed by atoms with Crippen LogP contribution in [0.4, 0.5) is 4.79 Å². The van der Waals surface area contributed by atoms with E-state index >= 15 is 0 Å². The molecule has 3 aromatic carbocycles. The van der Waals surface area contributed by atoms with Crippen LogP contribution in [-0.2, 0) is 17.9 Å². The molecule has 2 amide bonds. The molecule has 164 valence electrons. The minimum Gasteiger partial charge on any atom is -0.488 e. The van der Waals surface area contributed by atoms with Crippen molar-refractivity contribution in [3.63, 3.8) is 0 Å². The predicted molar refractivity (Wildman–Crippen MR) is 133 cm³/mol. The van der Waals surface area contributed by atoms with E-state index in [4.69, 9.17) is 16.3 Å². The Balaban J connectivity index is 1.56. The van der Waals surface area contributed by atoms with Crippen LogP contribution in [0.1, 0.15) is 22.3 Å². The van der Waals surface area contributed by atoms with E-state index in [1.54, 1.807) is 48.5 Å². The molecule has 0 aliphatic carbocycles. The Labute approximate surface area is 208 Å². The van der Waals surface area contributed by atoms with Gasteiger partial charge in [0.05, 0.1) is 23.1 Å². The number of rotatable bonds is 6. The van der Waals surface area contributed by atoms with Gasteiger partial charge in [0.1, 0.15) is 12.4 Å². The lowest BCUT2D eigenvalue weighted by atomic mass is 10.1. The molecule has 1 heterocycles. The highest BCUT2D eigenvalue weighted by Gasteiger charge is 2.35. The average Bonchev–Trinajstić information content (AvgIpc) is 3.07. The van der Waals surface area contributed by atoms with Gasteiger partial charge in [-0.15, -0.1) is 0 Å². The van der Waals surface area contributed by atoms with Crippen molar-refractivity contribution in [2.24, 2.45) is 0 Å². The summed E-state index contributed by atoms with van der Waals surface area (Å²) in [5.41, 5.74) is 2.76. The number of nitrogens with zero attached hydrogens (tertiary/aromatic N) is 2. The number of benzene rings is 3. The molecule has 1 saturated heterocycles. The van der Waals surface area contributed by atoms with Crippen LogP contribution in [0, 0.1) is 11.3 Å². The minimum atomic E-state index is -0.360. The third-order valence-electron chi connectivity index (χ3n) is 4.91. The SMILES string of the molecule is N#Cc1ccccc1COc1ccc(Br)cc1/C=C1\SC(=O)N(Cc2ccc(Cl)cc2)C1=O. The van der Waals surface area contributed by atoms with Gasteiger partial charge in [0.2, 0.25) is 0 Å². The maximum absolute atomic E-state index is 13.0. The van der Waals surface area contributed by atoms with Crippen LogP contribution in [0.15, 0.2) is 76.1 Å². The molecule has 0 saturated carbocycles. The maximum atomic E-state index is 13.0. The molecule has 1 aliphatic rings. The molecule has 33 heavy (non-hydrogen) atoms. The Morgan fingerprint density at radius 1 is 1.09 bits per heavy atom. The molecule has 1 fully saturated rings. The highest BCUT2D eigenvalue weighted by Crippen LogP contribution is 2.36. The minimum absolute atomic E-state index is 0.173. The van der Waals surface area contributed by atoms with E-state index in [0.29, 0.717) is 26.8 Å². The van der Waals surface area contributed by atoms with Crippen molar-refractivity contribution < 1.29 is 14.3 Å². The van der Waals surface area contributed by atoms with Gasteiger partial charge in [-0.3, -0.25) is 14.5 Å². The molecule has 0 spiro atoms. The van der Waals surface area contributed by atoms with E-state index in [2.05, 4.69) is 22.0 Å². The summed E-state index contributed by atoms with van der Waals surface area (Å²) in [5, 5.41) is 9.55. The van der Waals surface area contributed by atoms with Gasteiger partial charge in [-0.2, -0.15) is 5.26 Å². The number of imide groups is 1. The Hall–Kier alpha value is -3.05. The van der Waals surface area contributed by atoms with Gasteiger partial charge in [0, 0.05) is 20.6 Å². The monoisotopic (exact) mass is 538 g/mol. The normalized spacial score (nSPS) is 14.6. The molecule has 3 aromatic rings. The molecule has 0 atom stereocenters. The highest BCUT2D eigenvalue weighted by atomic mass is 79.9. The van der Waals surface area contributed by atoms with Gasteiger partial charge in [-0.25, -0.2) is 0 Å². The summed E-state index contributed by atoms with van der Waals surface area (Å²) in [6.45, 7) is 0.371. The van der Waals surface area contributed by atoms with Gasteiger partial charge < -0.3 is 4.74 Å². The van der Waals surface area contributed by atoms with E-state index in [1.165, 1.54) is 4.90 Å². The summed E-state index contributed by atoms with van der Waals surface area (Å²) in [5.74, 6) is 0.177. The number of amides is 2. The number of ether oxygens (including phenoxy) is 1. The molecular formula is C25H16BrClN2O3S. The number of carbonyl (C=O) groups excluding carboxylic acids is 2. The van der Waals surface area contributed by atoms with Crippen LogP contribution in [-0.4, -0.2) is 16.0 Å². The molecule has 4 rings (SSSR count). The molecular weight excluding hydrogens is 524 g/mol. The van der Waals surface area contributed by atoms with Gasteiger partial charge >= 0.3 is 0 Å². The largest absolute Gasteiger partial charge is 0.488 e. The summed E-state index contributed by atoms with van der Waals surface area (Å²) < 4.78 is 6.78. The van der Waals surface area contributed by atoms with Crippen molar-refractivity contribution in [2.75, 3.05) is 0 Å². The average molecular weight is 540 g/mol. The number of hydrogen-bond acceptors (Lipinski definition) is 5. The smallest absolute Gasteiger partial charge is 0.293 e. The summed E-state index contributed by atoms with van der Waals surface area (Å²) in [6, 6.07) is 21.8. The zero-order valence-corrected chi connectivity index (χ0v) is 20.3. The Morgan fingerprint density at radius 3 is 2.61 bits per heavy atom. The van der Waals surface area contributed by atoms with Crippen molar-refractivity contribution in [2.45, 2.75) is 13.2 Å². The van der Waals surface area contributed by atoms with Gasteiger partial charge in [0.15, 0.2) is 0 Å². The quantitative estimate of drug-likeness (QED) is 0.323. The van der Waals surface area contributed by atoms with Crippen molar-refractivity contribution in [3.05, 3.63) is 103 Å². The molecule has 0 bridgehead atoms. The van der Waals surface area contributed by atoms with Crippen LogP contribution >= 0.6 is 39.3 Å². The molecule has 1 aliphatic heterocycles. The second kappa shape index (κ2) is 10.3. The lowest BCUT2D eigenvalue weighted by molar-refractivity contribution is -0.123. The molecule has 8 heteroatoms. The Bertz CT molecular complexity index is 1300.